The third-order valence-electron chi connectivity index (χ3n) is 10.5. The van der Waals surface area contributed by atoms with Gasteiger partial charge in [0.15, 0.2) is 8.07 Å². The summed E-state index contributed by atoms with van der Waals surface area (Å²) in [6, 6.07) is 39.0. The van der Waals surface area contributed by atoms with Gasteiger partial charge < -0.3 is 9.31 Å². The molecule has 1 fully saturated rings. The van der Waals surface area contributed by atoms with E-state index in [1.54, 1.807) is 0 Å². The van der Waals surface area contributed by atoms with Gasteiger partial charge in [-0.3, -0.25) is 0 Å². The summed E-state index contributed by atoms with van der Waals surface area (Å²) in [4.78, 5) is 0. The van der Waals surface area contributed by atoms with E-state index in [2.05, 4.69) is 159 Å². The first kappa shape index (κ1) is 29.2. The van der Waals surface area contributed by atoms with Crippen LogP contribution in [-0.4, -0.2) is 26.4 Å². The van der Waals surface area contributed by atoms with Crippen molar-refractivity contribution in [3.8, 4) is 0 Å². The Labute approximate surface area is 254 Å². The van der Waals surface area contributed by atoms with Gasteiger partial charge in [-0.25, -0.2) is 0 Å². The van der Waals surface area contributed by atoms with Crippen molar-refractivity contribution in [2.75, 3.05) is 0 Å². The van der Waals surface area contributed by atoms with Crippen LogP contribution in [0.1, 0.15) is 79.4 Å². The minimum atomic E-state index is -2.73. The van der Waals surface area contributed by atoms with Gasteiger partial charge >= 0.3 is 7.12 Å². The van der Waals surface area contributed by atoms with E-state index in [1.807, 2.05) is 0 Å². The van der Waals surface area contributed by atoms with Gasteiger partial charge in [0.25, 0.3) is 0 Å². The van der Waals surface area contributed by atoms with Gasteiger partial charge in [0.2, 0.25) is 0 Å². The molecule has 2 aliphatic rings. The largest absolute Gasteiger partial charge is 0.494 e. The maximum Gasteiger partial charge on any atom is 0.494 e. The lowest BCUT2D eigenvalue weighted by Crippen LogP contribution is -2.75. The summed E-state index contributed by atoms with van der Waals surface area (Å²) in [7, 11) is -3.14. The van der Waals surface area contributed by atoms with E-state index in [9.17, 15) is 0 Å². The average molecular weight is 573 g/mol. The molecule has 1 aliphatic carbocycles. The highest BCUT2D eigenvalue weighted by Gasteiger charge is 2.52. The van der Waals surface area contributed by atoms with Crippen molar-refractivity contribution in [3.05, 3.63) is 114 Å². The fraction of sp³-hybridized carbons (Fsp3) is 0.368. The van der Waals surface area contributed by atoms with Crippen LogP contribution in [0.15, 0.2) is 103 Å². The van der Waals surface area contributed by atoms with Crippen molar-refractivity contribution in [3.63, 3.8) is 0 Å². The molecular weight excluding hydrogens is 527 g/mol. The molecule has 1 heterocycles. The smallest absolute Gasteiger partial charge is 0.399 e. The van der Waals surface area contributed by atoms with Gasteiger partial charge in [0, 0.05) is 0 Å². The minimum absolute atomic E-state index is 0.124. The lowest BCUT2D eigenvalue weighted by molar-refractivity contribution is 0.00578. The minimum Gasteiger partial charge on any atom is -0.399 e. The molecule has 4 heteroatoms. The number of fused-ring (bicyclic) bond motifs is 1. The molecule has 6 rings (SSSR count). The zero-order chi connectivity index (χ0) is 30.0. The molecule has 0 amide bonds. The highest BCUT2D eigenvalue weighted by molar-refractivity contribution is 7.20. The fourth-order valence-electron chi connectivity index (χ4n) is 7.10. The first-order valence-corrected chi connectivity index (χ1v) is 17.5. The van der Waals surface area contributed by atoms with Crippen LogP contribution in [0.4, 0.5) is 0 Å². The Kier molecular flexibility index (Phi) is 7.00. The van der Waals surface area contributed by atoms with Gasteiger partial charge in [-0.15, -0.1) is 0 Å². The molecule has 0 spiro atoms. The molecule has 2 nitrogen and oxygen atoms in total. The van der Waals surface area contributed by atoms with Gasteiger partial charge in [-0.2, -0.15) is 0 Å². The second-order valence-electron chi connectivity index (χ2n) is 14.7. The molecule has 0 N–H and O–H groups in total. The number of hydrogen-bond donors (Lipinski definition) is 0. The molecule has 0 saturated carbocycles. The van der Waals surface area contributed by atoms with Crippen LogP contribution in [0.2, 0.25) is 0 Å². The summed E-state index contributed by atoms with van der Waals surface area (Å²) < 4.78 is 13.1. The summed E-state index contributed by atoms with van der Waals surface area (Å²) in [5.41, 5.74) is 3.59. The van der Waals surface area contributed by atoms with Crippen LogP contribution in [0.25, 0.3) is 0 Å². The van der Waals surface area contributed by atoms with E-state index in [0.29, 0.717) is 0 Å². The molecule has 0 aromatic heterocycles. The van der Waals surface area contributed by atoms with Crippen molar-refractivity contribution in [1.29, 1.82) is 0 Å². The first-order chi connectivity index (χ1) is 19.8. The fourth-order valence-corrected chi connectivity index (χ4v) is 11.9. The summed E-state index contributed by atoms with van der Waals surface area (Å²) in [5, 5.41) is 5.54. The summed E-state index contributed by atoms with van der Waals surface area (Å²) in [6.45, 7) is 18.2. The second kappa shape index (κ2) is 10.1. The quantitative estimate of drug-likeness (QED) is 0.225. The standard InChI is InChI=1S/C38H45BO2Si/c1-35(2)24-25-36(3,4)34-27-32(22-23-33(34)35)42(29-17-11-9-12-18-29,30-19-13-10-14-20-30)31-21-15-16-28(26-31)39-40-37(5,6)38(7,8)41-39/h9-23,26-27H,24-25H2,1-8H3. The maximum atomic E-state index is 6.55. The number of rotatable bonds is 5. The molecule has 42 heavy (non-hydrogen) atoms. The summed E-state index contributed by atoms with van der Waals surface area (Å²) >= 11 is 0. The lowest BCUT2D eigenvalue weighted by Gasteiger charge is -2.43. The van der Waals surface area contributed by atoms with Crippen LogP contribution in [0.3, 0.4) is 0 Å². The Morgan fingerprint density at radius 3 is 1.52 bits per heavy atom. The van der Waals surface area contributed by atoms with Gasteiger partial charge in [-0.1, -0.05) is 131 Å². The van der Waals surface area contributed by atoms with Crippen molar-refractivity contribution >= 4 is 41.4 Å². The van der Waals surface area contributed by atoms with Crippen molar-refractivity contribution in [1.82, 2.24) is 0 Å². The average Bonchev–Trinajstić information content (AvgIpc) is 3.19. The Hall–Kier alpha value is -2.92. The zero-order valence-electron chi connectivity index (χ0n) is 26.6. The second-order valence-corrected chi connectivity index (χ2v) is 18.5. The molecular formula is C38H45BO2Si. The van der Waals surface area contributed by atoms with Crippen LogP contribution in [-0.2, 0) is 20.1 Å². The highest BCUT2D eigenvalue weighted by Crippen LogP contribution is 2.45. The molecule has 0 bridgehead atoms. The van der Waals surface area contributed by atoms with Gasteiger partial charge in [0.05, 0.1) is 11.2 Å². The molecule has 1 saturated heterocycles. The topological polar surface area (TPSA) is 18.5 Å². The molecule has 4 aromatic carbocycles. The third-order valence-corrected chi connectivity index (χ3v) is 15.3. The van der Waals surface area contributed by atoms with Crippen LogP contribution >= 0.6 is 0 Å². The summed E-state index contributed by atoms with van der Waals surface area (Å²) in [5.74, 6) is 0. The molecule has 0 atom stereocenters. The lowest BCUT2D eigenvalue weighted by atomic mass is 9.63. The SMILES string of the molecule is CC1(C)CCC(C)(C)c2cc([Si](c3ccccc3)(c3ccccc3)c3cccc(B4OC(C)(C)C(C)(C)O4)c3)ccc21. The van der Waals surface area contributed by atoms with E-state index in [4.69, 9.17) is 9.31 Å². The molecule has 4 aromatic rings. The zero-order valence-corrected chi connectivity index (χ0v) is 27.6. The third kappa shape index (κ3) is 4.63. The van der Waals surface area contributed by atoms with E-state index >= 15 is 0 Å². The monoisotopic (exact) mass is 572 g/mol. The Morgan fingerprint density at radius 2 is 0.976 bits per heavy atom. The van der Waals surface area contributed by atoms with E-state index in [0.717, 1.165) is 5.46 Å². The number of hydrogen-bond acceptors (Lipinski definition) is 2. The molecule has 0 unspecified atom stereocenters. The highest BCUT2D eigenvalue weighted by atomic mass is 28.3. The van der Waals surface area contributed by atoms with Crippen molar-refractivity contribution in [2.24, 2.45) is 0 Å². The van der Waals surface area contributed by atoms with Crippen molar-refractivity contribution < 1.29 is 9.31 Å². The summed E-state index contributed by atoms with van der Waals surface area (Å²) in [6.07, 6.45) is 2.40. The Balaban J connectivity index is 1.64. The van der Waals surface area contributed by atoms with E-state index in [1.165, 1.54) is 44.7 Å². The normalized spacial score (nSPS) is 20.2. The predicted octanol–water partition coefficient (Wildman–Crippen LogP) is 5.71. The van der Waals surface area contributed by atoms with E-state index < -0.39 is 26.4 Å². The van der Waals surface area contributed by atoms with Crippen LogP contribution in [0.5, 0.6) is 0 Å². The van der Waals surface area contributed by atoms with Crippen LogP contribution in [0, 0.1) is 0 Å². The maximum absolute atomic E-state index is 6.55. The van der Waals surface area contributed by atoms with Gasteiger partial charge in [-0.05, 0) is 88.7 Å². The first-order valence-electron chi connectivity index (χ1n) is 15.5. The van der Waals surface area contributed by atoms with Gasteiger partial charge in [0.1, 0.15) is 0 Å². The molecule has 1 aliphatic heterocycles. The Bertz CT molecular complexity index is 1530. The Morgan fingerprint density at radius 1 is 0.500 bits per heavy atom. The molecule has 216 valence electrons. The van der Waals surface area contributed by atoms with Crippen molar-refractivity contribution in [2.45, 2.75) is 90.3 Å². The van der Waals surface area contributed by atoms with Crippen LogP contribution < -0.4 is 26.2 Å². The molecule has 0 radical (unpaired) electrons. The predicted molar refractivity (Wildman–Crippen MR) is 181 cm³/mol. The number of benzene rings is 4. The van der Waals surface area contributed by atoms with E-state index in [-0.39, 0.29) is 10.8 Å².